The fourth-order valence-electron chi connectivity index (χ4n) is 6.48. The average molecular weight is 811 g/mol. The first-order valence-electron chi connectivity index (χ1n) is 23.3. The monoisotopic (exact) mass is 811 g/mol. The van der Waals surface area contributed by atoms with Crippen molar-refractivity contribution in [2.75, 3.05) is 19.8 Å². The third-order valence-electron chi connectivity index (χ3n) is 9.92. The largest absolute Gasteiger partial charge is 0.472 e. The number of hydrogen-bond acceptors (Lipinski definition) is 7. The second-order valence-corrected chi connectivity index (χ2v) is 16.9. The molecule has 0 saturated carbocycles. The van der Waals surface area contributed by atoms with E-state index in [-0.39, 0.29) is 25.6 Å². The lowest BCUT2D eigenvalue weighted by molar-refractivity contribution is -0.161. The summed E-state index contributed by atoms with van der Waals surface area (Å²) >= 11 is 0. The molecule has 0 rings (SSSR count). The molecule has 0 bridgehead atoms. The number of esters is 2. The van der Waals surface area contributed by atoms with Crippen molar-refractivity contribution >= 4 is 19.8 Å². The van der Waals surface area contributed by atoms with Crippen molar-refractivity contribution in [2.45, 2.75) is 232 Å². The van der Waals surface area contributed by atoms with Gasteiger partial charge in [0.2, 0.25) is 0 Å². The molecule has 56 heavy (non-hydrogen) atoms. The summed E-state index contributed by atoms with van der Waals surface area (Å²) in [5.74, 6) is -0.803. The van der Waals surface area contributed by atoms with Gasteiger partial charge >= 0.3 is 19.8 Å². The maximum atomic E-state index is 12.6. The van der Waals surface area contributed by atoms with Crippen molar-refractivity contribution in [2.24, 2.45) is 0 Å². The summed E-state index contributed by atoms with van der Waals surface area (Å²) < 4.78 is 32.7. The molecule has 328 valence electrons. The minimum Gasteiger partial charge on any atom is -0.462 e. The first kappa shape index (κ1) is 54.3. The molecule has 0 aromatic rings. The molecule has 0 aliphatic rings. The van der Waals surface area contributed by atoms with Gasteiger partial charge < -0.3 is 14.4 Å². The minimum atomic E-state index is -4.28. The van der Waals surface area contributed by atoms with Crippen LogP contribution in [0.25, 0.3) is 0 Å². The number of phosphoric ester groups is 1. The summed E-state index contributed by atoms with van der Waals surface area (Å²) in [6.07, 6.45) is 49.1. The van der Waals surface area contributed by atoms with Gasteiger partial charge in [-0.05, 0) is 77.6 Å². The molecule has 8 nitrogen and oxygen atoms in total. The van der Waals surface area contributed by atoms with E-state index in [0.717, 1.165) is 51.4 Å². The first-order valence-corrected chi connectivity index (χ1v) is 24.8. The molecule has 0 heterocycles. The molecule has 0 fully saturated rings. The standard InChI is InChI=1S/C47H87O8P/c1-4-7-9-11-13-15-17-19-21-23-24-26-27-29-31-33-35-37-39-41-46(48)52-43-45(44-54-56(50,51)53-6-3)55-47(49)42-40-38-36-34-32-30-28-25-22-20-18-16-14-12-10-8-5-2/h14,16,19-22,45H,4-13,15,17-18,23-44H2,1-3H3,(H,50,51)/b16-14-,21-19-,22-20-. The molecule has 9 heteroatoms. The number of hydrogen-bond donors (Lipinski definition) is 1. The van der Waals surface area contributed by atoms with Crippen LogP contribution in [-0.4, -0.2) is 42.8 Å². The topological polar surface area (TPSA) is 108 Å². The number of carbonyl (C=O) groups is 2. The van der Waals surface area contributed by atoms with Crippen LogP contribution in [0.5, 0.6) is 0 Å². The van der Waals surface area contributed by atoms with Crippen LogP contribution in [0.15, 0.2) is 36.5 Å². The fraction of sp³-hybridized carbons (Fsp3) is 0.830. The van der Waals surface area contributed by atoms with Gasteiger partial charge in [0.25, 0.3) is 0 Å². The van der Waals surface area contributed by atoms with Crippen LogP contribution in [0.1, 0.15) is 226 Å². The van der Waals surface area contributed by atoms with Gasteiger partial charge in [-0.2, -0.15) is 0 Å². The average Bonchev–Trinajstić information content (AvgIpc) is 3.18. The highest BCUT2D eigenvalue weighted by Gasteiger charge is 2.25. The molecular weight excluding hydrogens is 723 g/mol. The Morgan fingerprint density at radius 1 is 0.482 bits per heavy atom. The lowest BCUT2D eigenvalue weighted by Gasteiger charge is -2.19. The number of rotatable bonds is 43. The molecule has 0 saturated heterocycles. The van der Waals surface area contributed by atoms with Crippen molar-refractivity contribution < 1.29 is 37.6 Å². The third kappa shape index (κ3) is 41.9. The minimum absolute atomic E-state index is 0.00134. The Labute approximate surface area is 345 Å². The highest BCUT2D eigenvalue weighted by Crippen LogP contribution is 2.43. The maximum absolute atomic E-state index is 12.6. The van der Waals surface area contributed by atoms with Crippen LogP contribution >= 0.6 is 7.82 Å². The Kier molecular flexibility index (Phi) is 41.5. The lowest BCUT2D eigenvalue weighted by Crippen LogP contribution is -2.29. The SMILES string of the molecule is CCCCC/C=C\C/C=C\CCCCCCCCCC(=O)OC(COC(=O)CCCCCCCCCCC/C=C\CCCCCCCC)COP(=O)(O)OCC. The number of phosphoric acid groups is 1. The lowest BCUT2D eigenvalue weighted by atomic mass is 10.1. The molecular formula is C47H87O8P. The smallest absolute Gasteiger partial charge is 0.462 e. The van der Waals surface area contributed by atoms with Crippen LogP contribution in [0.4, 0.5) is 0 Å². The maximum Gasteiger partial charge on any atom is 0.472 e. The van der Waals surface area contributed by atoms with E-state index < -0.39 is 26.5 Å². The van der Waals surface area contributed by atoms with Gasteiger partial charge in [0.15, 0.2) is 6.10 Å². The zero-order valence-corrected chi connectivity index (χ0v) is 37.4. The molecule has 0 radical (unpaired) electrons. The molecule has 0 spiro atoms. The third-order valence-corrected chi connectivity index (χ3v) is 11.0. The molecule has 0 amide bonds. The zero-order valence-electron chi connectivity index (χ0n) is 36.5. The van der Waals surface area contributed by atoms with Gasteiger partial charge in [-0.25, -0.2) is 4.57 Å². The Bertz CT molecular complexity index is 1010. The van der Waals surface area contributed by atoms with Crippen LogP contribution in [0, 0.1) is 0 Å². The van der Waals surface area contributed by atoms with E-state index >= 15 is 0 Å². The van der Waals surface area contributed by atoms with Gasteiger partial charge in [0.05, 0.1) is 13.2 Å². The normalized spacial score (nSPS) is 13.6. The van der Waals surface area contributed by atoms with E-state index in [4.69, 9.17) is 18.5 Å². The molecule has 2 unspecified atom stereocenters. The Morgan fingerprint density at radius 3 is 1.32 bits per heavy atom. The van der Waals surface area contributed by atoms with Crippen molar-refractivity contribution in [1.82, 2.24) is 0 Å². The highest BCUT2D eigenvalue weighted by molar-refractivity contribution is 7.47. The van der Waals surface area contributed by atoms with Gasteiger partial charge in [0, 0.05) is 12.8 Å². The van der Waals surface area contributed by atoms with Crippen LogP contribution in [0.3, 0.4) is 0 Å². The Hall–Kier alpha value is -1.73. The number of ether oxygens (including phenoxy) is 2. The van der Waals surface area contributed by atoms with Crippen LogP contribution in [0.2, 0.25) is 0 Å². The molecule has 0 aromatic carbocycles. The van der Waals surface area contributed by atoms with E-state index in [1.807, 2.05) is 0 Å². The molecule has 0 aromatic heterocycles. The van der Waals surface area contributed by atoms with Gasteiger partial charge in [-0.1, -0.05) is 172 Å². The Balaban J connectivity index is 4.04. The second-order valence-electron chi connectivity index (χ2n) is 15.4. The number of unbranched alkanes of at least 4 members (excludes halogenated alkanes) is 25. The summed E-state index contributed by atoms with van der Waals surface area (Å²) in [6, 6.07) is 0. The van der Waals surface area contributed by atoms with E-state index in [9.17, 15) is 19.0 Å². The first-order chi connectivity index (χ1) is 27.3. The predicted molar refractivity (Wildman–Crippen MR) is 235 cm³/mol. The highest BCUT2D eigenvalue weighted by atomic mass is 31.2. The van der Waals surface area contributed by atoms with Crippen LogP contribution < -0.4 is 0 Å². The van der Waals surface area contributed by atoms with Gasteiger partial charge in [-0.15, -0.1) is 0 Å². The number of allylic oxidation sites excluding steroid dienone is 6. The van der Waals surface area contributed by atoms with E-state index in [2.05, 4.69) is 50.3 Å². The van der Waals surface area contributed by atoms with E-state index in [0.29, 0.717) is 12.8 Å². The van der Waals surface area contributed by atoms with Gasteiger partial charge in [0.1, 0.15) is 6.61 Å². The van der Waals surface area contributed by atoms with Crippen LogP contribution in [-0.2, 0) is 32.7 Å². The summed E-state index contributed by atoms with van der Waals surface area (Å²) in [4.78, 5) is 34.8. The molecule has 1 N–H and O–H groups in total. The molecule has 2 atom stereocenters. The van der Waals surface area contributed by atoms with Crippen molar-refractivity contribution in [1.29, 1.82) is 0 Å². The van der Waals surface area contributed by atoms with E-state index in [1.54, 1.807) is 6.92 Å². The van der Waals surface area contributed by atoms with Crippen molar-refractivity contribution in [3.63, 3.8) is 0 Å². The zero-order chi connectivity index (χ0) is 41.1. The second kappa shape index (κ2) is 42.9. The fourth-order valence-corrected chi connectivity index (χ4v) is 7.23. The van der Waals surface area contributed by atoms with E-state index in [1.165, 1.54) is 135 Å². The summed E-state index contributed by atoms with van der Waals surface area (Å²) in [5.41, 5.74) is 0. The predicted octanol–water partition coefficient (Wildman–Crippen LogP) is 14.8. The van der Waals surface area contributed by atoms with Crippen molar-refractivity contribution in [3.8, 4) is 0 Å². The summed E-state index contributed by atoms with van der Waals surface area (Å²) in [6.45, 7) is 5.46. The van der Waals surface area contributed by atoms with Crippen molar-refractivity contribution in [3.05, 3.63) is 36.5 Å². The molecule has 0 aliphatic carbocycles. The number of carbonyl (C=O) groups excluding carboxylic acids is 2. The Morgan fingerprint density at radius 2 is 0.857 bits per heavy atom. The molecule has 0 aliphatic heterocycles. The quantitative estimate of drug-likeness (QED) is 0.0281. The summed E-state index contributed by atoms with van der Waals surface area (Å²) in [5, 5.41) is 0. The van der Waals surface area contributed by atoms with Gasteiger partial charge in [-0.3, -0.25) is 18.6 Å². The summed E-state index contributed by atoms with van der Waals surface area (Å²) in [7, 11) is -4.28.